The summed E-state index contributed by atoms with van der Waals surface area (Å²) < 4.78 is 5.46. The third-order valence-electron chi connectivity index (χ3n) is 2.92. The highest BCUT2D eigenvalue weighted by Crippen LogP contribution is 2.28. The van der Waals surface area contributed by atoms with Gasteiger partial charge < -0.3 is 15.4 Å². The monoisotopic (exact) mass is 266 g/mol. The van der Waals surface area contributed by atoms with Crippen LogP contribution in [-0.4, -0.2) is 36.7 Å². The fourth-order valence-electron chi connectivity index (χ4n) is 1.64. The molecular formula is C12H18N4O3. The molecule has 0 radical (unpaired) electrons. The number of hydrogen-bond donors (Lipinski definition) is 2. The van der Waals surface area contributed by atoms with E-state index in [9.17, 15) is 10.1 Å². The average molecular weight is 266 g/mol. The lowest BCUT2D eigenvalue weighted by Crippen LogP contribution is -2.13. The molecule has 1 saturated carbocycles. The Morgan fingerprint density at radius 1 is 1.53 bits per heavy atom. The number of ether oxygens (including phenoxy) is 1. The molecule has 1 aliphatic carbocycles. The first kappa shape index (κ1) is 13.5. The van der Waals surface area contributed by atoms with Crippen LogP contribution in [0.3, 0.4) is 0 Å². The molecule has 0 aromatic carbocycles. The number of aromatic nitrogens is 1. The molecule has 0 atom stereocenters. The molecule has 0 amide bonds. The third kappa shape index (κ3) is 4.06. The van der Waals surface area contributed by atoms with Gasteiger partial charge >= 0.3 is 5.69 Å². The summed E-state index contributed by atoms with van der Waals surface area (Å²) in [6, 6.07) is 3.01. The zero-order chi connectivity index (χ0) is 13.7. The van der Waals surface area contributed by atoms with Gasteiger partial charge in [0.15, 0.2) is 0 Å². The van der Waals surface area contributed by atoms with E-state index in [1.807, 2.05) is 0 Å². The SMILES string of the molecule is CNc1ccc([N+](=O)[O-])c(NCCOCC2CC2)n1. The Kier molecular flexibility index (Phi) is 4.51. The minimum absolute atomic E-state index is 0.0267. The van der Waals surface area contributed by atoms with Crippen molar-refractivity contribution >= 4 is 17.3 Å². The molecule has 1 aromatic rings. The quantitative estimate of drug-likeness (QED) is 0.424. The van der Waals surface area contributed by atoms with E-state index in [4.69, 9.17) is 4.74 Å². The lowest BCUT2D eigenvalue weighted by Gasteiger charge is -2.08. The molecule has 1 fully saturated rings. The predicted molar refractivity (Wildman–Crippen MR) is 72.5 cm³/mol. The maximum atomic E-state index is 10.9. The standard InChI is InChI=1S/C12H18N4O3/c1-13-11-5-4-10(16(17)18)12(15-11)14-6-7-19-8-9-2-3-9/h4-5,9H,2-3,6-8H2,1H3,(H2,13,14,15). The first-order valence-electron chi connectivity index (χ1n) is 6.35. The summed E-state index contributed by atoms with van der Waals surface area (Å²) >= 11 is 0. The van der Waals surface area contributed by atoms with Crippen molar-refractivity contribution in [2.45, 2.75) is 12.8 Å². The molecule has 0 unspecified atom stereocenters. The molecule has 0 saturated heterocycles. The molecule has 104 valence electrons. The zero-order valence-electron chi connectivity index (χ0n) is 10.9. The van der Waals surface area contributed by atoms with E-state index < -0.39 is 4.92 Å². The highest BCUT2D eigenvalue weighted by molar-refractivity contribution is 5.60. The van der Waals surface area contributed by atoms with Crippen molar-refractivity contribution < 1.29 is 9.66 Å². The van der Waals surface area contributed by atoms with Crippen LogP contribution in [0.25, 0.3) is 0 Å². The number of pyridine rings is 1. The van der Waals surface area contributed by atoms with Crippen LogP contribution in [0.2, 0.25) is 0 Å². The second-order valence-electron chi connectivity index (χ2n) is 4.52. The predicted octanol–water partition coefficient (Wildman–Crippen LogP) is 1.87. The summed E-state index contributed by atoms with van der Waals surface area (Å²) in [5.74, 6) is 1.58. The Hall–Kier alpha value is -1.89. The van der Waals surface area contributed by atoms with E-state index in [1.54, 1.807) is 13.1 Å². The van der Waals surface area contributed by atoms with Crippen LogP contribution in [0.15, 0.2) is 12.1 Å². The van der Waals surface area contributed by atoms with Crippen molar-refractivity contribution in [2.75, 3.05) is 37.4 Å². The van der Waals surface area contributed by atoms with Gasteiger partial charge in [0.2, 0.25) is 5.82 Å². The highest BCUT2D eigenvalue weighted by atomic mass is 16.6. The normalized spacial score (nSPS) is 14.2. The number of nitro groups is 1. The van der Waals surface area contributed by atoms with Crippen molar-refractivity contribution in [2.24, 2.45) is 5.92 Å². The van der Waals surface area contributed by atoms with Gasteiger partial charge in [-0.15, -0.1) is 0 Å². The van der Waals surface area contributed by atoms with Crippen LogP contribution in [-0.2, 0) is 4.74 Å². The van der Waals surface area contributed by atoms with Gasteiger partial charge in [-0.2, -0.15) is 0 Å². The van der Waals surface area contributed by atoms with Gasteiger partial charge in [-0.1, -0.05) is 0 Å². The maximum Gasteiger partial charge on any atom is 0.311 e. The molecule has 2 rings (SSSR count). The number of nitrogens with zero attached hydrogens (tertiary/aromatic N) is 2. The van der Waals surface area contributed by atoms with Gasteiger partial charge in [-0.25, -0.2) is 4.98 Å². The van der Waals surface area contributed by atoms with Gasteiger partial charge in [0.05, 0.1) is 11.5 Å². The van der Waals surface area contributed by atoms with Crippen molar-refractivity contribution in [1.82, 2.24) is 4.98 Å². The van der Waals surface area contributed by atoms with Gasteiger partial charge in [0, 0.05) is 26.3 Å². The molecule has 2 N–H and O–H groups in total. The summed E-state index contributed by atoms with van der Waals surface area (Å²) in [7, 11) is 1.72. The lowest BCUT2D eigenvalue weighted by molar-refractivity contribution is -0.384. The van der Waals surface area contributed by atoms with E-state index in [2.05, 4.69) is 15.6 Å². The lowest BCUT2D eigenvalue weighted by atomic mass is 10.3. The van der Waals surface area contributed by atoms with Crippen LogP contribution >= 0.6 is 0 Å². The topological polar surface area (TPSA) is 89.3 Å². The molecule has 0 bridgehead atoms. The fourth-order valence-corrected chi connectivity index (χ4v) is 1.64. The molecule has 0 spiro atoms. The molecular weight excluding hydrogens is 248 g/mol. The van der Waals surface area contributed by atoms with Crippen LogP contribution in [0.4, 0.5) is 17.3 Å². The Balaban J connectivity index is 1.86. The van der Waals surface area contributed by atoms with Crippen LogP contribution in [0, 0.1) is 16.0 Å². The van der Waals surface area contributed by atoms with Crippen molar-refractivity contribution in [3.8, 4) is 0 Å². The van der Waals surface area contributed by atoms with Crippen LogP contribution in [0.1, 0.15) is 12.8 Å². The molecule has 0 aliphatic heterocycles. The minimum atomic E-state index is -0.445. The zero-order valence-corrected chi connectivity index (χ0v) is 10.9. The molecule has 1 aliphatic rings. The van der Waals surface area contributed by atoms with Crippen molar-refractivity contribution in [1.29, 1.82) is 0 Å². The highest BCUT2D eigenvalue weighted by Gasteiger charge is 2.21. The van der Waals surface area contributed by atoms with E-state index in [1.165, 1.54) is 18.9 Å². The second kappa shape index (κ2) is 6.33. The summed E-state index contributed by atoms with van der Waals surface area (Å²) in [6.07, 6.45) is 2.51. The van der Waals surface area contributed by atoms with E-state index in [0.29, 0.717) is 19.0 Å². The number of nitrogens with one attached hydrogen (secondary N) is 2. The number of rotatable bonds is 8. The van der Waals surface area contributed by atoms with Crippen molar-refractivity contribution in [3.05, 3.63) is 22.2 Å². The Bertz CT molecular complexity index is 449. The summed E-state index contributed by atoms with van der Waals surface area (Å²) in [4.78, 5) is 14.6. The summed E-state index contributed by atoms with van der Waals surface area (Å²) in [5, 5.41) is 16.7. The maximum absolute atomic E-state index is 10.9. The smallest absolute Gasteiger partial charge is 0.311 e. The summed E-state index contributed by atoms with van der Waals surface area (Å²) in [5.41, 5.74) is -0.0267. The van der Waals surface area contributed by atoms with E-state index >= 15 is 0 Å². The Morgan fingerprint density at radius 2 is 2.32 bits per heavy atom. The van der Waals surface area contributed by atoms with Gasteiger partial charge in [-0.05, 0) is 24.8 Å². The van der Waals surface area contributed by atoms with Crippen LogP contribution in [0.5, 0.6) is 0 Å². The molecule has 19 heavy (non-hydrogen) atoms. The molecule has 7 nitrogen and oxygen atoms in total. The third-order valence-corrected chi connectivity index (χ3v) is 2.92. The van der Waals surface area contributed by atoms with Gasteiger partial charge in [0.25, 0.3) is 0 Å². The van der Waals surface area contributed by atoms with Crippen molar-refractivity contribution in [3.63, 3.8) is 0 Å². The first-order valence-corrected chi connectivity index (χ1v) is 6.35. The second-order valence-corrected chi connectivity index (χ2v) is 4.52. The molecule has 1 aromatic heterocycles. The Morgan fingerprint density at radius 3 is 2.95 bits per heavy atom. The molecule has 1 heterocycles. The Labute approximate surface area is 111 Å². The minimum Gasteiger partial charge on any atom is -0.379 e. The average Bonchev–Trinajstić information content (AvgIpc) is 3.22. The largest absolute Gasteiger partial charge is 0.379 e. The number of anilines is 2. The first-order chi connectivity index (χ1) is 9.20. The van der Waals surface area contributed by atoms with Gasteiger partial charge in [-0.3, -0.25) is 10.1 Å². The van der Waals surface area contributed by atoms with Crippen LogP contribution < -0.4 is 10.6 Å². The summed E-state index contributed by atoms with van der Waals surface area (Å²) in [6.45, 7) is 1.82. The molecule has 7 heteroatoms. The fraction of sp³-hybridized carbons (Fsp3) is 0.583. The number of hydrogen-bond acceptors (Lipinski definition) is 6. The van der Waals surface area contributed by atoms with E-state index in [0.717, 1.165) is 12.5 Å². The van der Waals surface area contributed by atoms with E-state index in [-0.39, 0.29) is 11.5 Å². The van der Waals surface area contributed by atoms with Gasteiger partial charge in [0.1, 0.15) is 5.82 Å².